The van der Waals surface area contributed by atoms with Crippen LogP contribution in [0.5, 0.6) is 0 Å². The highest BCUT2D eigenvalue weighted by Crippen LogP contribution is 2.34. The fourth-order valence-electron chi connectivity index (χ4n) is 2.95. The van der Waals surface area contributed by atoms with Crippen molar-refractivity contribution in [2.75, 3.05) is 13.2 Å². The van der Waals surface area contributed by atoms with E-state index in [1.54, 1.807) is 0 Å². The molecule has 0 spiro atoms. The largest absolute Gasteiger partial charge is 0.395 e. The van der Waals surface area contributed by atoms with Gasteiger partial charge in [-0.25, -0.2) is 0 Å². The number of aliphatic hydroxyl groups is 1. The highest BCUT2D eigenvalue weighted by atomic mass is 16.3. The number of hydrogen-bond donors (Lipinski definition) is 2. The Morgan fingerprint density at radius 2 is 1.85 bits per heavy atom. The molecule has 0 radical (unpaired) electrons. The van der Waals surface area contributed by atoms with E-state index >= 15 is 0 Å². The van der Waals surface area contributed by atoms with Gasteiger partial charge in [0.2, 0.25) is 0 Å². The minimum absolute atomic E-state index is 0.323. The molecule has 1 unspecified atom stereocenters. The van der Waals surface area contributed by atoms with Crippen molar-refractivity contribution >= 4 is 0 Å². The SMILES string of the molecule is OC[C@@H]1CC(C2CCCCC2)CN1. The van der Waals surface area contributed by atoms with Crippen molar-refractivity contribution < 1.29 is 5.11 Å². The first kappa shape index (κ1) is 9.47. The van der Waals surface area contributed by atoms with Crippen molar-refractivity contribution in [1.82, 2.24) is 5.32 Å². The van der Waals surface area contributed by atoms with Crippen LogP contribution >= 0.6 is 0 Å². The molecule has 0 amide bonds. The number of rotatable bonds is 2. The Morgan fingerprint density at radius 3 is 2.46 bits per heavy atom. The van der Waals surface area contributed by atoms with E-state index in [2.05, 4.69) is 5.32 Å². The molecular formula is C11H21NO. The highest BCUT2D eigenvalue weighted by molar-refractivity contribution is 4.86. The molecule has 13 heavy (non-hydrogen) atoms. The first-order valence-electron chi connectivity index (χ1n) is 5.74. The first-order chi connectivity index (χ1) is 6.40. The normalized spacial score (nSPS) is 36.7. The molecule has 0 bridgehead atoms. The molecule has 1 aliphatic heterocycles. The van der Waals surface area contributed by atoms with Crippen LogP contribution in [0, 0.1) is 11.8 Å². The van der Waals surface area contributed by atoms with Crippen LogP contribution in [-0.2, 0) is 0 Å². The summed E-state index contributed by atoms with van der Waals surface area (Å²) in [6, 6.07) is 0.395. The summed E-state index contributed by atoms with van der Waals surface area (Å²) < 4.78 is 0. The summed E-state index contributed by atoms with van der Waals surface area (Å²) in [5, 5.41) is 12.4. The molecule has 1 saturated heterocycles. The third-order valence-corrected chi connectivity index (χ3v) is 3.79. The zero-order valence-corrected chi connectivity index (χ0v) is 8.34. The Labute approximate surface area is 80.7 Å². The van der Waals surface area contributed by atoms with Crippen molar-refractivity contribution in [2.24, 2.45) is 11.8 Å². The van der Waals surface area contributed by atoms with Gasteiger partial charge < -0.3 is 10.4 Å². The zero-order chi connectivity index (χ0) is 9.10. The van der Waals surface area contributed by atoms with Crippen molar-refractivity contribution in [3.05, 3.63) is 0 Å². The molecule has 2 atom stereocenters. The summed E-state index contributed by atoms with van der Waals surface area (Å²) in [7, 11) is 0. The van der Waals surface area contributed by atoms with Crippen LogP contribution in [0.15, 0.2) is 0 Å². The Balaban J connectivity index is 1.80. The van der Waals surface area contributed by atoms with Gasteiger partial charge in [0.25, 0.3) is 0 Å². The molecule has 2 aliphatic rings. The van der Waals surface area contributed by atoms with E-state index in [1.807, 2.05) is 0 Å². The second-order valence-corrected chi connectivity index (χ2v) is 4.68. The van der Waals surface area contributed by atoms with Gasteiger partial charge in [-0.3, -0.25) is 0 Å². The van der Waals surface area contributed by atoms with E-state index < -0.39 is 0 Å². The number of nitrogens with one attached hydrogen (secondary N) is 1. The van der Waals surface area contributed by atoms with Gasteiger partial charge in [-0.05, 0) is 24.8 Å². The summed E-state index contributed by atoms with van der Waals surface area (Å²) >= 11 is 0. The van der Waals surface area contributed by atoms with E-state index in [0.29, 0.717) is 12.6 Å². The topological polar surface area (TPSA) is 32.3 Å². The Hall–Kier alpha value is -0.0800. The van der Waals surface area contributed by atoms with Gasteiger partial charge in [0.15, 0.2) is 0 Å². The average Bonchev–Trinajstić information content (AvgIpc) is 2.67. The Bertz CT molecular complexity index is 154. The third kappa shape index (κ3) is 2.23. The van der Waals surface area contributed by atoms with Gasteiger partial charge in [-0.1, -0.05) is 32.1 Å². The molecule has 0 aromatic heterocycles. The highest BCUT2D eigenvalue weighted by Gasteiger charge is 2.30. The standard InChI is InChI=1S/C11H21NO/c13-8-11-6-10(7-12-11)9-4-2-1-3-5-9/h9-13H,1-8H2/t10?,11-/m0/s1. The molecule has 1 aliphatic carbocycles. The lowest BCUT2D eigenvalue weighted by Gasteiger charge is -2.26. The summed E-state index contributed by atoms with van der Waals surface area (Å²) in [4.78, 5) is 0. The van der Waals surface area contributed by atoms with Gasteiger partial charge in [-0.2, -0.15) is 0 Å². The van der Waals surface area contributed by atoms with E-state index in [4.69, 9.17) is 5.11 Å². The van der Waals surface area contributed by atoms with Gasteiger partial charge in [0.1, 0.15) is 0 Å². The summed E-state index contributed by atoms with van der Waals surface area (Å²) in [5.74, 6) is 1.82. The first-order valence-corrected chi connectivity index (χ1v) is 5.74. The second-order valence-electron chi connectivity index (χ2n) is 4.68. The monoisotopic (exact) mass is 183 g/mol. The van der Waals surface area contributed by atoms with E-state index in [0.717, 1.165) is 18.4 Å². The molecule has 2 N–H and O–H groups in total. The number of hydrogen-bond acceptors (Lipinski definition) is 2. The fourth-order valence-corrected chi connectivity index (χ4v) is 2.95. The lowest BCUT2D eigenvalue weighted by molar-refractivity contribution is 0.233. The zero-order valence-electron chi connectivity index (χ0n) is 8.34. The number of aliphatic hydroxyl groups excluding tert-OH is 1. The third-order valence-electron chi connectivity index (χ3n) is 3.79. The van der Waals surface area contributed by atoms with Crippen LogP contribution < -0.4 is 5.32 Å². The van der Waals surface area contributed by atoms with Gasteiger partial charge >= 0.3 is 0 Å². The lowest BCUT2D eigenvalue weighted by atomic mass is 9.79. The van der Waals surface area contributed by atoms with Crippen LogP contribution in [0.2, 0.25) is 0 Å². The average molecular weight is 183 g/mol. The van der Waals surface area contributed by atoms with Crippen LogP contribution in [0.4, 0.5) is 0 Å². The minimum atomic E-state index is 0.323. The fraction of sp³-hybridized carbons (Fsp3) is 1.00. The molecule has 1 saturated carbocycles. The van der Waals surface area contributed by atoms with Crippen LogP contribution in [0.3, 0.4) is 0 Å². The Morgan fingerprint density at radius 1 is 1.08 bits per heavy atom. The van der Waals surface area contributed by atoms with Crippen molar-refractivity contribution in [1.29, 1.82) is 0 Å². The van der Waals surface area contributed by atoms with Crippen molar-refractivity contribution in [3.8, 4) is 0 Å². The summed E-state index contributed by atoms with van der Waals surface area (Å²) in [6.45, 7) is 1.47. The van der Waals surface area contributed by atoms with Gasteiger partial charge in [0, 0.05) is 6.04 Å². The molecule has 1 heterocycles. The summed E-state index contributed by atoms with van der Waals surface area (Å²) in [6.07, 6.45) is 8.39. The van der Waals surface area contributed by atoms with Crippen molar-refractivity contribution in [3.63, 3.8) is 0 Å². The van der Waals surface area contributed by atoms with E-state index in [-0.39, 0.29) is 0 Å². The molecule has 2 heteroatoms. The van der Waals surface area contributed by atoms with Gasteiger partial charge in [-0.15, -0.1) is 0 Å². The van der Waals surface area contributed by atoms with Crippen molar-refractivity contribution in [2.45, 2.75) is 44.6 Å². The molecule has 2 rings (SSSR count). The van der Waals surface area contributed by atoms with Crippen LogP contribution in [-0.4, -0.2) is 24.3 Å². The molecule has 0 aromatic carbocycles. The maximum atomic E-state index is 9.02. The molecular weight excluding hydrogens is 162 g/mol. The molecule has 76 valence electrons. The van der Waals surface area contributed by atoms with Crippen LogP contribution in [0.25, 0.3) is 0 Å². The molecule has 2 nitrogen and oxygen atoms in total. The quantitative estimate of drug-likeness (QED) is 0.680. The molecule has 0 aromatic rings. The Kier molecular flexibility index (Phi) is 3.23. The smallest absolute Gasteiger partial charge is 0.0584 e. The lowest BCUT2D eigenvalue weighted by Crippen LogP contribution is -2.24. The maximum Gasteiger partial charge on any atom is 0.0584 e. The molecule has 2 fully saturated rings. The summed E-state index contributed by atoms with van der Waals surface area (Å²) in [5.41, 5.74) is 0. The maximum absolute atomic E-state index is 9.02. The minimum Gasteiger partial charge on any atom is -0.395 e. The van der Waals surface area contributed by atoms with E-state index in [9.17, 15) is 0 Å². The van der Waals surface area contributed by atoms with E-state index in [1.165, 1.54) is 38.5 Å². The van der Waals surface area contributed by atoms with Crippen LogP contribution in [0.1, 0.15) is 38.5 Å². The second kappa shape index (κ2) is 4.43. The van der Waals surface area contributed by atoms with Gasteiger partial charge in [0.05, 0.1) is 6.61 Å². The predicted octanol–water partition coefficient (Wildman–Crippen LogP) is 1.54. The predicted molar refractivity (Wildman–Crippen MR) is 53.6 cm³/mol.